The zero-order valence-electron chi connectivity index (χ0n) is 12.4. The summed E-state index contributed by atoms with van der Waals surface area (Å²) in [6.45, 7) is 2.08. The number of amides is 1. The molecular formula is C17H18FN3O. The van der Waals surface area contributed by atoms with Crippen LogP contribution in [0.15, 0.2) is 24.4 Å². The first-order chi connectivity index (χ1) is 10.7. The fourth-order valence-corrected chi connectivity index (χ4v) is 3.38. The first-order valence-electron chi connectivity index (χ1n) is 7.83. The van der Waals surface area contributed by atoms with Crippen LogP contribution in [-0.2, 0) is 25.9 Å². The van der Waals surface area contributed by atoms with Gasteiger partial charge in [-0.3, -0.25) is 4.79 Å². The second-order valence-corrected chi connectivity index (χ2v) is 6.08. The summed E-state index contributed by atoms with van der Waals surface area (Å²) in [5.74, 6) is 0.723. The number of hydrogen-bond acceptors (Lipinski definition) is 2. The minimum Gasteiger partial charge on any atom is -0.334 e. The Morgan fingerprint density at radius 3 is 2.91 bits per heavy atom. The maximum absolute atomic E-state index is 13.4. The number of aryl methyl sites for hydroxylation is 2. The van der Waals surface area contributed by atoms with Crippen molar-refractivity contribution >= 4 is 5.91 Å². The molecule has 114 valence electrons. The van der Waals surface area contributed by atoms with Crippen molar-refractivity contribution in [1.29, 1.82) is 0 Å². The van der Waals surface area contributed by atoms with Gasteiger partial charge in [0.15, 0.2) is 0 Å². The summed E-state index contributed by atoms with van der Waals surface area (Å²) >= 11 is 0. The molecule has 1 amide bonds. The lowest BCUT2D eigenvalue weighted by molar-refractivity contribution is 0.0729. The lowest BCUT2D eigenvalue weighted by atomic mass is 9.99. The van der Waals surface area contributed by atoms with Gasteiger partial charge in [-0.15, -0.1) is 0 Å². The standard InChI is InChI=1S/C17H18FN3O/c18-14-5-4-12-6-8-21(10-13(12)9-14)17(22)15-11-20-7-2-1-3-16(20)19-15/h4-5,9,11H,1-3,6-8,10H2. The van der Waals surface area contributed by atoms with Crippen LogP contribution in [0.4, 0.5) is 4.39 Å². The number of rotatable bonds is 1. The van der Waals surface area contributed by atoms with Gasteiger partial charge >= 0.3 is 0 Å². The number of carbonyl (C=O) groups excluding carboxylic acids is 1. The number of benzene rings is 1. The first kappa shape index (κ1) is 13.5. The van der Waals surface area contributed by atoms with E-state index in [4.69, 9.17) is 0 Å². The second kappa shape index (κ2) is 5.23. The fraction of sp³-hybridized carbons (Fsp3) is 0.412. The van der Waals surface area contributed by atoms with E-state index in [1.54, 1.807) is 4.90 Å². The zero-order valence-corrected chi connectivity index (χ0v) is 12.4. The van der Waals surface area contributed by atoms with Crippen LogP contribution in [0.1, 0.15) is 40.3 Å². The maximum Gasteiger partial charge on any atom is 0.274 e. The molecule has 0 radical (unpaired) electrons. The Kier molecular flexibility index (Phi) is 3.21. The fourth-order valence-electron chi connectivity index (χ4n) is 3.38. The van der Waals surface area contributed by atoms with Crippen LogP contribution >= 0.6 is 0 Å². The van der Waals surface area contributed by atoms with Crippen molar-refractivity contribution in [3.63, 3.8) is 0 Å². The van der Waals surface area contributed by atoms with Gasteiger partial charge in [0.1, 0.15) is 17.3 Å². The average molecular weight is 299 g/mol. The molecule has 0 fully saturated rings. The highest BCUT2D eigenvalue weighted by atomic mass is 19.1. The Bertz CT molecular complexity index is 714. The van der Waals surface area contributed by atoms with Crippen molar-refractivity contribution in [2.24, 2.45) is 0 Å². The third-order valence-electron chi connectivity index (χ3n) is 4.60. The molecule has 0 saturated heterocycles. The molecule has 0 unspecified atom stereocenters. The SMILES string of the molecule is O=C(c1cn2c(n1)CCCC2)N1CCc2ccc(F)cc2C1. The van der Waals surface area contributed by atoms with Crippen LogP contribution in [0.3, 0.4) is 0 Å². The molecule has 2 aliphatic rings. The van der Waals surface area contributed by atoms with Gasteiger partial charge < -0.3 is 9.47 Å². The molecule has 1 aromatic heterocycles. The maximum atomic E-state index is 13.4. The third kappa shape index (κ3) is 2.30. The summed E-state index contributed by atoms with van der Waals surface area (Å²) in [7, 11) is 0. The van der Waals surface area contributed by atoms with Gasteiger partial charge in [-0.2, -0.15) is 0 Å². The first-order valence-corrected chi connectivity index (χ1v) is 7.83. The Morgan fingerprint density at radius 2 is 2.05 bits per heavy atom. The second-order valence-electron chi connectivity index (χ2n) is 6.08. The molecule has 0 aliphatic carbocycles. The highest BCUT2D eigenvalue weighted by molar-refractivity contribution is 5.92. The summed E-state index contributed by atoms with van der Waals surface area (Å²) in [5.41, 5.74) is 2.56. The van der Waals surface area contributed by atoms with Crippen LogP contribution in [0.25, 0.3) is 0 Å². The van der Waals surface area contributed by atoms with E-state index < -0.39 is 0 Å². The Labute approximate surface area is 128 Å². The monoisotopic (exact) mass is 299 g/mol. The van der Waals surface area contributed by atoms with E-state index in [1.807, 2.05) is 12.3 Å². The van der Waals surface area contributed by atoms with Crippen LogP contribution in [0.2, 0.25) is 0 Å². The van der Waals surface area contributed by atoms with Crippen LogP contribution in [0, 0.1) is 5.82 Å². The van der Waals surface area contributed by atoms with E-state index in [1.165, 1.54) is 12.1 Å². The van der Waals surface area contributed by atoms with Gasteiger partial charge in [-0.05, 0) is 42.5 Å². The number of aromatic nitrogens is 2. The minimum atomic E-state index is -0.245. The van der Waals surface area contributed by atoms with Gasteiger partial charge in [0.2, 0.25) is 0 Å². The Balaban J connectivity index is 1.57. The third-order valence-corrected chi connectivity index (χ3v) is 4.60. The lowest BCUT2D eigenvalue weighted by Gasteiger charge is -2.28. The highest BCUT2D eigenvalue weighted by Gasteiger charge is 2.25. The van der Waals surface area contributed by atoms with E-state index in [9.17, 15) is 9.18 Å². The van der Waals surface area contributed by atoms with Crippen molar-refractivity contribution in [1.82, 2.24) is 14.5 Å². The predicted molar refractivity (Wildman–Crippen MR) is 80.0 cm³/mol. The van der Waals surface area contributed by atoms with Crippen molar-refractivity contribution < 1.29 is 9.18 Å². The normalized spacial score (nSPS) is 17.0. The van der Waals surface area contributed by atoms with Crippen molar-refractivity contribution in [2.45, 2.75) is 38.8 Å². The van der Waals surface area contributed by atoms with Gasteiger partial charge in [0.05, 0.1) is 0 Å². The molecular weight excluding hydrogens is 281 g/mol. The minimum absolute atomic E-state index is 0.0446. The quantitative estimate of drug-likeness (QED) is 0.811. The van der Waals surface area contributed by atoms with E-state index in [0.29, 0.717) is 18.8 Å². The Hall–Kier alpha value is -2.17. The zero-order chi connectivity index (χ0) is 15.1. The molecule has 0 atom stereocenters. The number of imidazole rings is 1. The Morgan fingerprint density at radius 1 is 1.14 bits per heavy atom. The van der Waals surface area contributed by atoms with Gasteiger partial charge in [0, 0.05) is 32.3 Å². The molecule has 0 bridgehead atoms. The molecule has 4 rings (SSSR count). The molecule has 0 saturated carbocycles. The van der Waals surface area contributed by atoms with Gasteiger partial charge in [-0.25, -0.2) is 9.37 Å². The summed E-state index contributed by atoms with van der Waals surface area (Å²) < 4.78 is 15.5. The van der Waals surface area contributed by atoms with E-state index in [-0.39, 0.29) is 11.7 Å². The summed E-state index contributed by atoms with van der Waals surface area (Å²) in [6.07, 6.45) is 5.88. The van der Waals surface area contributed by atoms with Gasteiger partial charge in [0.25, 0.3) is 5.91 Å². The predicted octanol–water partition coefficient (Wildman–Crippen LogP) is 2.56. The number of carbonyl (C=O) groups is 1. The molecule has 2 aromatic rings. The van der Waals surface area contributed by atoms with Crippen LogP contribution in [-0.4, -0.2) is 26.9 Å². The summed E-state index contributed by atoms with van der Waals surface area (Å²) in [4.78, 5) is 18.9. The highest BCUT2D eigenvalue weighted by Crippen LogP contribution is 2.22. The topological polar surface area (TPSA) is 38.1 Å². The molecule has 22 heavy (non-hydrogen) atoms. The molecule has 2 aliphatic heterocycles. The molecule has 5 heteroatoms. The van der Waals surface area contributed by atoms with Crippen molar-refractivity contribution in [3.8, 4) is 0 Å². The van der Waals surface area contributed by atoms with E-state index in [2.05, 4.69) is 9.55 Å². The number of hydrogen-bond donors (Lipinski definition) is 0. The summed E-state index contributed by atoms with van der Waals surface area (Å²) in [6, 6.07) is 4.84. The lowest BCUT2D eigenvalue weighted by Crippen LogP contribution is -2.36. The molecule has 3 heterocycles. The largest absolute Gasteiger partial charge is 0.334 e. The van der Waals surface area contributed by atoms with Gasteiger partial charge in [-0.1, -0.05) is 6.07 Å². The van der Waals surface area contributed by atoms with Crippen molar-refractivity contribution in [2.75, 3.05) is 6.54 Å². The van der Waals surface area contributed by atoms with Crippen LogP contribution < -0.4 is 0 Å². The smallest absolute Gasteiger partial charge is 0.274 e. The molecule has 4 nitrogen and oxygen atoms in total. The average Bonchev–Trinajstić information content (AvgIpc) is 2.97. The van der Waals surface area contributed by atoms with E-state index in [0.717, 1.165) is 49.2 Å². The summed E-state index contributed by atoms with van der Waals surface area (Å²) in [5, 5.41) is 0. The number of halogens is 1. The van der Waals surface area contributed by atoms with Crippen molar-refractivity contribution in [3.05, 3.63) is 52.9 Å². The number of nitrogens with zero attached hydrogens (tertiary/aromatic N) is 3. The molecule has 0 N–H and O–H groups in total. The van der Waals surface area contributed by atoms with E-state index >= 15 is 0 Å². The number of fused-ring (bicyclic) bond motifs is 2. The van der Waals surface area contributed by atoms with Crippen LogP contribution in [0.5, 0.6) is 0 Å². The molecule has 0 spiro atoms. The molecule has 1 aromatic carbocycles.